The largest absolute Gasteiger partial charge is 0.346 e. The number of aromatic nitrogens is 2. The van der Waals surface area contributed by atoms with Gasteiger partial charge in [-0.25, -0.2) is 4.39 Å². The van der Waals surface area contributed by atoms with Gasteiger partial charge in [0.2, 0.25) is 5.01 Å². The van der Waals surface area contributed by atoms with Gasteiger partial charge in [-0.15, -0.1) is 10.2 Å². The summed E-state index contributed by atoms with van der Waals surface area (Å²) in [5.74, 6) is 0.302. The summed E-state index contributed by atoms with van der Waals surface area (Å²) in [5.41, 5.74) is 0.854. The predicted octanol–water partition coefficient (Wildman–Crippen LogP) is 4.15. The van der Waals surface area contributed by atoms with Crippen molar-refractivity contribution in [2.75, 3.05) is 6.54 Å². The lowest BCUT2D eigenvalue weighted by molar-refractivity contribution is 0.0950. The minimum absolute atomic E-state index is 0.224. The average molecular weight is 403 g/mol. The highest BCUT2D eigenvalue weighted by Gasteiger charge is 2.31. The molecular formula is C21H27FN4OS. The highest BCUT2D eigenvalue weighted by Crippen LogP contribution is 2.32. The Morgan fingerprint density at radius 3 is 2.57 bits per heavy atom. The van der Waals surface area contributed by atoms with Gasteiger partial charge in [-0.1, -0.05) is 42.7 Å². The monoisotopic (exact) mass is 402 g/mol. The molecule has 0 radical (unpaired) electrons. The highest BCUT2D eigenvalue weighted by molar-refractivity contribution is 7.13. The molecule has 28 heavy (non-hydrogen) atoms. The molecule has 7 heteroatoms. The van der Waals surface area contributed by atoms with Gasteiger partial charge < -0.3 is 5.32 Å². The molecule has 4 rings (SSSR count). The van der Waals surface area contributed by atoms with Crippen LogP contribution >= 0.6 is 11.3 Å². The molecule has 1 aromatic heterocycles. The number of nitrogens with zero attached hydrogens (tertiary/aromatic N) is 3. The molecule has 1 aromatic carbocycles. The standard InChI is InChI=1S/C21H27FN4OS/c22-17-8-6-15(7-9-17)12-23-20(27)21-25-24-19(28-21)14-26(18-10-11-18)13-16-4-2-1-3-5-16/h6-9,16,18H,1-5,10-14H2,(H,23,27). The molecular weight excluding hydrogens is 375 g/mol. The molecule has 2 fully saturated rings. The second-order valence-corrected chi connectivity index (χ2v) is 9.04. The van der Waals surface area contributed by atoms with Gasteiger partial charge in [-0.3, -0.25) is 9.69 Å². The zero-order valence-electron chi connectivity index (χ0n) is 16.1. The fraction of sp³-hybridized carbons (Fsp3) is 0.571. The lowest BCUT2D eigenvalue weighted by atomic mass is 9.89. The first-order valence-electron chi connectivity index (χ1n) is 10.3. The van der Waals surface area contributed by atoms with Crippen LogP contribution in [0.2, 0.25) is 0 Å². The quantitative estimate of drug-likeness (QED) is 0.721. The van der Waals surface area contributed by atoms with Crippen molar-refractivity contribution in [3.63, 3.8) is 0 Å². The van der Waals surface area contributed by atoms with E-state index in [1.165, 1.54) is 68.4 Å². The Bertz CT molecular complexity index is 784. The first-order chi connectivity index (χ1) is 13.7. The Hall–Kier alpha value is -1.86. The molecule has 0 spiro atoms. The SMILES string of the molecule is O=C(NCc1ccc(F)cc1)c1nnc(CN(CC2CCCCC2)C2CC2)s1. The van der Waals surface area contributed by atoms with Crippen molar-refractivity contribution in [1.29, 1.82) is 0 Å². The van der Waals surface area contributed by atoms with E-state index in [9.17, 15) is 9.18 Å². The summed E-state index contributed by atoms with van der Waals surface area (Å²) in [6.45, 7) is 2.30. The number of rotatable bonds is 8. The summed E-state index contributed by atoms with van der Waals surface area (Å²) >= 11 is 1.38. The Labute approximate surface area is 169 Å². The fourth-order valence-electron chi connectivity index (χ4n) is 3.93. The third kappa shape index (κ3) is 5.35. The van der Waals surface area contributed by atoms with Gasteiger partial charge in [-0.2, -0.15) is 0 Å². The molecule has 0 saturated heterocycles. The van der Waals surface area contributed by atoms with Crippen LogP contribution in [0.4, 0.5) is 4.39 Å². The summed E-state index contributed by atoms with van der Waals surface area (Å²) < 4.78 is 13.0. The van der Waals surface area contributed by atoms with Crippen LogP contribution in [0.25, 0.3) is 0 Å². The Kier molecular flexibility index (Phi) is 6.32. The molecule has 0 bridgehead atoms. The maximum Gasteiger partial charge on any atom is 0.282 e. The first-order valence-corrected chi connectivity index (χ1v) is 11.1. The molecule has 5 nitrogen and oxygen atoms in total. The van der Waals surface area contributed by atoms with Crippen molar-refractivity contribution in [3.8, 4) is 0 Å². The maximum absolute atomic E-state index is 13.0. The molecule has 2 aromatic rings. The topological polar surface area (TPSA) is 58.1 Å². The minimum Gasteiger partial charge on any atom is -0.346 e. The van der Waals surface area contributed by atoms with Gasteiger partial charge in [0.05, 0.1) is 6.54 Å². The molecule has 1 amide bonds. The van der Waals surface area contributed by atoms with Crippen molar-refractivity contribution >= 4 is 17.2 Å². The number of halogens is 1. The highest BCUT2D eigenvalue weighted by atomic mass is 32.1. The molecule has 0 aliphatic heterocycles. The van der Waals surface area contributed by atoms with E-state index in [4.69, 9.17) is 0 Å². The van der Waals surface area contributed by atoms with E-state index >= 15 is 0 Å². The van der Waals surface area contributed by atoms with Crippen molar-refractivity contribution in [2.45, 2.75) is 64.1 Å². The lowest BCUT2D eigenvalue weighted by Gasteiger charge is -2.29. The molecule has 2 aliphatic rings. The number of carbonyl (C=O) groups excluding carboxylic acids is 1. The average Bonchev–Trinajstić information content (AvgIpc) is 3.46. The fourth-order valence-corrected chi connectivity index (χ4v) is 4.71. The molecule has 0 unspecified atom stereocenters. The summed E-state index contributed by atoms with van der Waals surface area (Å²) in [6, 6.07) is 6.80. The van der Waals surface area contributed by atoms with Crippen LogP contribution in [0.15, 0.2) is 24.3 Å². The number of amides is 1. The molecule has 0 atom stereocenters. The zero-order chi connectivity index (χ0) is 19.3. The molecule has 1 heterocycles. The first kappa shape index (κ1) is 19.5. The van der Waals surface area contributed by atoms with Crippen LogP contribution in [0, 0.1) is 11.7 Å². The summed E-state index contributed by atoms with van der Waals surface area (Å²) in [6.07, 6.45) is 9.34. The van der Waals surface area contributed by atoms with E-state index in [1.54, 1.807) is 12.1 Å². The van der Waals surface area contributed by atoms with Crippen LogP contribution < -0.4 is 5.32 Å². The van der Waals surface area contributed by atoms with E-state index in [0.717, 1.165) is 29.6 Å². The van der Waals surface area contributed by atoms with Crippen LogP contribution in [0.3, 0.4) is 0 Å². The van der Waals surface area contributed by atoms with Gasteiger partial charge >= 0.3 is 0 Å². The normalized spacial score (nSPS) is 17.8. The van der Waals surface area contributed by atoms with Gasteiger partial charge in [0, 0.05) is 19.1 Å². The molecule has 1 N–H and O–H groups in total. The van der Waals surface area contributed by atoms with E-state index in [0.29, 0.717) is 17.6 Å². The minimum atomic E-state index is -0.280. The van der Waals surface area contributed by atoms with Gasteiger partial charge in [-0.05, 0) is 49.3 Å². The van der Waals surface area contributed by atoms with Crippen LogP contribution in [-0.4, -0.2) is 33.6 Å². The van der Waals surface area contributed by atoms with Crippen molar-refractivity contribution in [3.05, 3.63) is 45.7 Å². The van der Waals surface area contributed by atoms with Gasteiger partial charge in [0.1, 0.15) is 10.8 Å². The Morgan fingerprint density at radius 1 is 1.11 bits per heavy atom. The predicted molar refractivity (Wildman–Crippen MR) is 107 cm³/mol. The molecule has 2 aliphatic carbocycles. The van der Waals surface area contributed by atoms with Gasteiger partial charge in [0.15, 0.2) is 0 Å². The third-order valence-corrected chi connectivity index (χ3v) is 6.55. The van der Waals surface area contributed by atoms with Crippen LogP contribution in [0.1, 0.15) is 65.3 Å². The van der Waals surface area contributed by atoms with Crippen molar-refractivity contribution < 1.29 is 9.18 Å². The Morgan fingerprint density at radius 2 is 1.86 bits per heavy atom. The summed E-state index contributed by atoms with van der Waals surface area (Å²) in [7, 11) is 0. The second kappa shape index (κ2) is 9.09. The van der Waals surface area contributed by atoms with Crippen LogP contribution in [0.5, 0.6) is 0 Å². The van der Waals surface area contributed by atoms with E-state index in [1.807, 2.05) is 0 Å². The number of carbonyl (C=O) groups is 1. The number of nitrogens with one attached hydrogen (secondary N) is 1. The lowest BCUT2D eigenvalue weighted by Crippen LogP contribution is -2.32. The van der Waals surface area contributed by atoms with Crippen molar-refractivity contribution in [1.82, 2.24) is 20.4 Å². The van der Waals surface area contributed by atoms with E-state index in [2.05, 4.69) is 20.4 Å². The Balaban J connectivity index is 1.30. The van der Waals surface area contributed by atoms with Crippen molar-refractivity contribution in [2.24, 2.45) is 5.92 Å². The second-order valence-electron chi connectivity index (χ2n) is 7.97. The zero-order valence-corrected chi connectivity index (χ0v) is 16.9. The molecule has 150 valence electrons. The third-order valence-electron chi connectivity index (χ3n) is 5.65. The number of hydrogen-bond acceptors (Lipinski definition) is 5. The van der Waals surface area contributed by atoms with E-state index < -0.39 is 0 Å². The van der Waals surface area contributed by atoms with E-state index in [-0.39, 0.29) is 11.7 Å². The maximum atomic E-state index is 13.0. The number of benzene rings is 1. The molecule has 2 saturated carbocycles. The van der Waals surface area contributed by atoms with Crippen LogP contribution in [-0.2, 0) is 13.1 Å². The van der Waals surface area contributed by atoms with Gasteiger partial charge in [0.25, 0.3) is 5.91 Å². The summed E-state index contributed by atoms with van der Waals surface area (Å²) in [5, 5.41) is 12.5. The number of hydrogen-bond donors (Lipinski definition) is 1. The summed E-state index contributed by atoms with van der Waals surface area (Å²) in [4.78, 5) is 14.9. The smallest absolute Gasteiger partial charge is 0.282 e.